The number of halogens is 3. The highest BCUT2D eigenvalue weighted by atomic mass is 35.5. The fourth-order valence-electron chi connectivity index (χ4n) is 0.888. The average Bonchev–Trinajstić information content (AvgIpc) is 2.03. The molecule has 0 saturated heterocycles. The van der Waals surface area contributed by atoms with Crippen LogP contribution in [0.25, 0.3) is 0 Å². The molecule has 0 aromatic heterocycles. The van der Waals surface area contributed by atoms with Crippen LogP contribution in [0.3, 0.4) is 0 Å². The van der Waals surface area contributed by atoms with Crippen molar-refractivity contribution in [2.45, 2.75) is 6.61 Å². The number of benzene rings is 1. The second-order valence-electron chi connectivity index (χ2n) is 2.29. The van der Waals surface area contributed by atoms with E-state index >= 15 is 0 Å². The van der Waals surface area contributed by atoms with E-state index < -0.39 is 6.61 Å². The molecule has 1 aromatic rings. The van der Waals surface area contributed by atoms with Gasteiger partial charge in [-0.1, -0.05) is 12.1 Å². The van der Waals surface area contributed by atoms with Crippen LogP contribution in [-0.2, 0) is 0 Å². The standard InChI is InChI=1S/C8H8F2N2O.ClH/c9-8(10)13-6-4-2-1-3-5(6)7(11)12;/h1-4,8H,(H3,11,12);1H. The topological polar surface area (TPSA) is 59.1 Å². The van der Waals surface area contributed by atoms with E-state index in [0.717, 1.165) is 0 Å². The minimum atomic E-state index is -2.90. The zero-order chi connectivity index (χ0) is 9.84. The molecule has 0 spiro atoms. The summed E-state index contributed by atoms with van der Waals surface area (Å²) in [4.78, 5) is 0. The van der Waals surface area contributed by atoms with Crippen LogP contribution in [0, 0.1) is 5.41 Å². The van der Waals surface area contributed by atoms with Gasteiger partial charge >= 0.3 is 6.61 Å². The molecule has 0 unspecified atom stereocenters. The number of nitrogens with one attached hydrogen (secondary N) is 1. The Bertz CT molecular complexity index is 320. The van der Waals surface area contributed by atoms with Gasteiger partial charge in [0, 0.05) is 0 Å². The summed E-state index contributed by atoms with van der Waals surface area (Å²) in [5, 5.41) is 7.07. The van der Waals surface area contributed by atoms with Crippen molar-refractivity contribution in [3.8, 4) is 5.75 Å². The Morgan fingerprint density at radius 2 is 1.93 bits per heavy atom. The molecular formula is C8H9ClF2N2O. The maximum atomic E-state index is 11.8. The van der Waals surface area contributed by atoms with Crippen molar-refractivity contribution in [1.29, 1.82) is 5.41 Å². The molecule has 0 radical (unpaired) electrons. The van der Waals surface area contributed by atoms with E-state index in [0.29, 0.717) is 0 Å². The maximum Gasteiger partial charge on any atom is 0.387 e. The molecule has 0 aliphatic rings. The summed E-state index contributed by atoms with van der Waals surface area (Å²) >= 11 is 0. The van der Waals surface area contributed by atoms with Gasteiger partial charge in [-0.25, -0.2) is 0 Å². The highest BCUT2D eigenvalue weighted by Crippen LogP contribution is 2.19. The van der Waals surface area contributed by atoms with Gasteiger partial charge in [0.05, 0.1) is 5.56 Å². The van der Waals surface area contributed by atoms with E-state index in [-0.39, 0.29) is 29.6 Å². The van der Waals surface area contributed by atoms with Gasteiger partial charge in [-0.15, -0.1) is 12.4 Å². The quantitative estimate of drug-likeness (QED) is 0.607. The fraction of sp³-hybridized carbons (Fsp3) is 0.125. The van der Waals surface area contributed by atoms with E-state index in [2.05, 4.69) is 4.74 Å². The lowest BCUT2D eigenvalue weighted by Gasteiger charge is -2.08. The Labute approximate surface area is 85.8 Å². The molecule has 0 bridgehead atoms. The Kier molecular flexibility index (Phi) is 4.86. The molecule has 1 rings (SSSR count). The molecule has 0 heterocycles. The van der Waals surface area contributed by atoms with Gasteiger partial charge in [-0.3, -0.25) is 5.41 Å². The first-order chi connectivity index (χ1) is 6.11. The van der Waals surface area contributed by atoms with Gasteiger partial charge in [-0.05, 0) is 12.1 Å². The molecule has 0 saturated carbocycles. The van der Waals surface area contributed by atoms with E-state index in [1.807, 2.05) is 0 Å². The van der Waals surface area contributed by atoms with E-state index in [1.54, 1.807) is 6.07 Å². The number of para-hydroxylation sites is 1. The molecule has 78 valence electrons. The number of nitrogens with two attached hydrogens (primary N) is 1. The number of hydrogen-bond acceptors (Lipinski definition) is 2. The first kappa shape index (κ1) is 12.6. The third kappa shape index (κ3) is 3.18. The summed E-state index contributed by atoms with van der Waals surface area (Å²) in [7, 11) is 0. The van der Waals surface area contributed by atoms with Crippen molar-refractivity contribution in [1.82, 2.24) is 0 Å². The van der Waals surface area contributed by atoms with Crippen molar-refractivity contribution >= 4 is 18.2 Å². The number of ether oxygens (including phenoxy) is 1. The third-order valence-electron chi connectivity index (χ3n) is 1.39. The Balaban J connectivity index is 0.00000169. The van der Waals surface area contributed by atoms with Crippen molar-refractivity contribution < 1.29 is 13.5 Å². The minimum absolute atomic E-state index is 0. The van der Waals surface area contributed by atoms with Gasteiger partial charge in [0.15, 0.2) is 0 Å². The van der Waals surface area contributed by atoms with Crippen LogP contribution in [-0.4, -0.2) is 12.4 Å². The van der Waals surface area contributed by atoms with Crippen LogP contribution in [0.15, 0.2) is 24.3 Å². The second kappa shape index (κ2) is 5.39. The van der Waals surface area contributed by atoms with Crippen molar-refractivity contribution in [3.63, 3.8) is 0 Å². The number of amidine groups is 1. The van der Waals surface area contributed by atoms with E-state index in [4.69, 9.17) is 11.1 Å². The molecule has 3 nitrogen and oxygen atoms in total. The monoisotopic (exact) mass is 222 g/mol. The Morgan fingerprint density at radius 1 is 1.36 bits per heavy atom. The lowest BCUT2D eigenvalue weighted by molar-refractivity contribution is -0.0499. The summed E-state index contributed by atoms with van der Waals surface area (Å²) in [5.41, 5.74) is 5.32. The Hall–Kier alpha value is -1.36. The lowest BCUT2D eigenvalue weighted by atomic mass is 10.2. The minimum Gasteiger partial charge on any atom is -0.434 e. The third-order valence-corrected chi connectivity index (χ3v) is 1.39. The van der Waals surface area contributed by atoms with Crippen LogP contribution >= 0.6 is 12.4 Å². The van der Waals surface area contributed by atoms with Gasteiger partial charge in [0.2, 0.25) is 0 Å². The number of alkyl halides is 2. The number of hydrogen-bond donors (Lipinski definition) is 2. The normalized spacial score (nSPS) is 9.36. The van der Waals surface area contributed by atoms with Crippen molar-refractivity contribution in [3.05, 3.63) is 29.8 Å². The molecule has 3 N–H and O–H groups in total. The molecular weight excluding hydrogens is 214 g/mol. The largest absolute Gasteiger partial charge is 0.434 e. The molecule has 0 fully saturated rings. The molecule has 1 aromatic carbocycles. The number of rotatable bonds is 3. The summed E-state index contributed by atoms with van der Waals surface area (Å²) < 4.78 is 27.8. The first-order valence-electron chi connectivity index (χ1n) is 3.49. The van der Waals surface area contributed by atoms with Gasteiger partial charge in [0.25, 0.3) is 0 Å². The highest BCUT2D eigenvalue weighted by Gasteiger charge is 2.09. The molecule has 6 heteroatoms. The van der Waals surface area contributed by atoms with Crippen molar-refractivity contribution in [2.24, 2.45) is 5.73 Å². The molecule has 14 heavy (non-hydrogen) atoms. The summed E-state index contributed by atoms with van der Waals surface area (Å²) in [6, 6.07) is 5.90. The molecule has 0 aliphatic carbocycles. The molecule has 0 amide bonds. The predicted molar refractivity (Wildman–Crippen MR) is 51.3 cm³/mol. The Morgan fingerprint density at radius 3 is 2.43 bits per heavy atom. The summed E-state index contributed by atoms with van der Waals surface area (Å²) in [5.74, 6) is -0.374. The van der Waals surface area contributed by atoms with Crippen molar-refractivity contribution in [2.75, 3.05) is 0 Å². The second-order valence-corrected chi connectivity index (χ2v) is 2.29. The highest BCUT2D eigenvalue weighted by molar-refractivity contribution is 5.97. The maximum absolute atomic E-state index is 11.8. The zero-order valence-corrected chi connectivity index (χ0v) is 7.85. The van der Waals surface area contributed by atoms with Gasteiger partial charge < -0.3 is 10.5 Å². The van der Waals surface area contributed by atoms with Crippen LogP contribution in [0.4, 0.5) is 8.78 Å². The zero-order valence-electron chi connectivity index (χ0n) is 7.04. The van der Waals surface area contributed by atoms with E-state index in [9.17, 15) is 8.78 Å². The van der Waals surface area contributed by atoms with Crippen LogP contribution in [0.1, 0.15) is 5.56 Å². The number of nitrogen functional groups attached to an aromatic ring is 1. The molecule has 0 atom stereocenters. The summed E-state index contributed by atoms with van der Waals surface area (Å²) in [6.45, 7) is -2.90. The fourth-order valence-corrected chi connectivity index (χ4v) is 0.888. The predicted octanol–water partition coefficient (Wildman–Crippen LogP) is 1.99. The SMILES string of the molecule is Cl.N=C(N)c1ccccc1OC(F)F. The van der Waals surface area contributed by atoms with Crippen LogP contribution in [0.5, 0.6) is 5.75 Å². The molecule has 0 aliphatic heterocycles. The van der Waals surface area contributed by atoms with Crippen LogP contribution in [0.2, 0.25) is 0 Å². The van der Waals surface area contributed by atoms with Gasteiger partial charge in [-0.2, -0.15) is 8.78 Å². The van der Waals surface area contributed by atoms with E-state index in [1.165, 1.54) is 18.2 Å². The first-order valence-corrected chi connectivity index (χ1v) is 3.49. The van der Waals surface area contributed by atoms with Gasteiger partial charge in [0.1, 0.15) is 11.6 Å². The lowest BCUT2D eigenvalue weighted by Crippen LogP contribution is -2.14. The smallest absolute Gasteiger partial charge is 0.387 e. The van der Waals surface area contributed by atoms with Crippen LogP contribution < -0.4 is 10.5 Å². The summed E-state index contributed by atoms with van der Waals surface area (Å²) in [6.07, 6.45) is 0. The average molecular weight is 223 g/mol.